The first-order valence-corrected chi connectivity index (χ1v) is 7.14. The Balaban J connectivity index is 1.89. The summed E-state index contributed by atoms with van der Waals surface area (Å²) in [6, 6.07) is 23.5. The van der Waals surface area contributed by atoms with E-state index in [1.807, 2.05) is 72.8 Å². The zero-order chi connectivity index (χ0) is 15.4. The summed E-state index contributed by atoms with van der Waals surface area (Å²) >= 11 is 0. The molecule has 0 spiro atoms. The van der Waals surface area contributed by atoms with Crippen LogP contribution >= 0.6 is 0 Å². The summed E-state index contributed by atoms with van der Waals surface area (Å²) in [5.74, 6) is 0.772. The van der Waals surface area contributed by atoms with Crippen LogP contribution in [0.25, 0.3) is 11.1 Å². The molecule has 0 unspecified atom stereocenters. The number of anilines is 2. The fourth-order valence-corrected chi connectivity index (χ4v) is 2.29. The summed E-state index contributed by atoms with van der Waals surface area (Å²) in [4.78, 5) is 0. The Morgan fingerprint density at radius 1 is 0.727 bits per heavy atom. The molecule has 0 aliphatic heterocycles. The van der Waals surface area contributed by atoms with Crippen LogP contribution in [0.15, 0.2) is 72.8 Å². The molecule has 3 nitrogen and oxygen atoms in total. The first-order valence-electron chi connectivity index (χ1n) is 7.14. The Kier molecular flexibility index (Phi) is 3.97. The van der Waals surface area contributed by atoms with Gasteiger partial charge in [-0.15, -0.1) is 0 Å². The van der Waals surface area contributed by atoms with Crippen molar-refractivity contribution in [3.05, 3.63) is 78.4 Å². The highest BCUT2D eigenvalue weighted by Crippen LogP contribution is 2.32. The number of hydrogen-bond donors (Lipinski definition) is 2. The van der Waals surface area contributed by atoms with Gasteiger partial charge in [-0.3, -0.25) is 0 Å². The van der Waals surface area contributed by atoms with E-state index < -0.39 is 0 Å². The van der Waals surface area contributed by atoms with E-state index in [0.717, 1.165) is 28.1 Å². The molecule has 0 atom stereocenters. The summed E-state index contributed by atoms with van der Waals surface area (Å²) < 4.78 is 5.98. The van der Waals surface area contributed by atoms with Gasteiger partial charge in [0.1, 0.15) is 12.4 Å². The quantitative estimate of drug-likeness (QED) is 0.711. The maximum Gasteiger partial charge on any atom is 0.129 e. The van der Waals surface area contributed by atoms with Gasteiger partial charge >= 0.3 is 0 Å². The van der Waals surface area contributed by atoms with Gasteiger partial charge in [-0.25, -0.2) is 0 Å². The first kappa shape index (κ1) is 14.0. The monoisotopic (exact) mass is 290 g/mol. The molecule has 110 valence electrons. The van der Waals surface area contributed by atoms with Crippen LogP contribution in [0.4, 0.5) is 11.4 Å². The number of hydrogen-bond acceptors (Lipinski definition) is 3. The molecule has 0 aliphatic rings. The molecule has 0 aliphatic carbocycles. The topological polar surface area (TPSA) is 61.3 Å². The third kappa shape index (κ3) is 3.20. The molecule has 3 aromatic rings. The summed E-state index contributed by atoms with van der Waals surface area (Å²) in [7, 11) is 0. The minimum atomic E-state index is 0.506. The smallest absolute Gasteiger partial charge is 0.129 e. The highest BCUT2D eigenvalue weighted by Gasteiger charge is 2.07. The second-order valence-corrected chi connectivity index (χ2v) is 5.15. The molecule has 0 aromatic heterocycles. The molecule has 0 amide bonds. The summed E-state index contributed by atoms with van der Waals surface area (Å²) in [5.41, 5.74) is 16.2. The van der Waals surface area contributed by atoms with E-state index in [1.54, 1.807) is 0 Å². The molecule has 0 heterocycles. The lowest BCUT2D eigenvalue weighted by molar-refractivity contribution is 0.307. The predicted molar refractivity (Wildman–Crippen MR) is 91.5 cm³/mol. The number of nitrogens with two attached hydrogens (primary N) is 2. The Labute approximate surface area is 130 Å². The van der Waals surface area contributed by atoms with Crippen LogP contribution in [-0.2, 0) is 6.61 Å². The third-order valence-electron chi connectivity index (χ3n) is 3.46. The average molecular weight is 290 g/mol. The van der Waals surface area contributed by atoms with Gasteiger partial charge in [0.2, 0.25) is 0 Å². The molecule has 0 saturated carbocycles. The molecule has 22 heavy (non-hydrogen) atoms. The van der Waals surface area contributed by atoms with Gasteiger partial charge in [0.05, 0.1) is 0 Å². The third-order valence-corrected chi connectivity index (χ3v) is 3.46. The van der Waals surface area contributed by atoms with Crippen molar-refractivity contribution in [2.75, 3.05) is 11.5 Å². The molecule has 4 N–H and O–H groups in total. The number of benzene rings is 3. The molecule has 3 heteroatoms. The van der Waals surface area contributed by atoms with Crippen LogP contribution in [0, 0.1) is 0 Å². The van der Waals surface area contributed by atoms with E-state index in [-0.39, 0.29) is 0 Å². The van der Waals surface area contributed by atoms with Crippen LogP contribution in [0.5, 0.6) is 5.75 Å². The lowest BCUT2D eigenvalue weighted by Crippen LogP contribution is -1.98. The molecule has 0 radical (unpaired) electrons. The van der Waals surface area contributed by atoms with E-state index in [0.29, 0.717) is 12.3 Å². The molecular weight excluding hydrogens is 272 g/mol. The van der Waals surface area contributed by atoms with Gasteiger partial charge in [-0.05, 0) is 35.4 Å². The lowest BCUT2D eigenvalue weighted by atomic mass is 10.0. The van der Waals surface area contributed by atoms with Gasteiger partial charge in [0.25, 0.3) is 0 Å². The Bertz CT molecular complexity index is 752. The van der Waals surface area contributed by atoms with Crippen molar-refractivity contribution >= 4 is 11.4 Å². The second-order valence-electron chi connectivity index (χ2n) is 5.15. The minimum absolute atomic E-state index is 0.506. The van der Waals surface area contributed by atoms with E-state index >= 15 is 0 Å². The van der Waals surface area contributed by atoms with Gasteiger partial charge in [0, 0.05) is 23.0 Å². The standard InChI is InChI=1S/C19H18N2O/c20-16-8-6-15(7-9-16)18-11-10-17(21)12-19(18)22-13-14-4-2-1-3-5-14/h1-12H,13,20-21H2. The predicted octanol–water partition coefficient (Wildman–Crippen LogP) is 4.10. The SMILES string of the molecule is Nc1ccc(-c2ccc(N)cc2OCc2ccccc2)cc1. The summed E-state index contributed by atoms with van der Waals surface area (Å²) in [6.45, 7) is 0.506. The van der Waals surface area contributed by atoms with Crippen molar-refractivity contribution in [3.63, 3.8) is 0 Å². The maximum absolute atomic E-state index is 5.98. The minimum Gasteiger partial charge on any atom is -0.488 e. The maximum atomic E-state index is 5.98. The van der Waals surface area contributed by atoms with Crippen molar-refractivity contribution in [1.82, 2.24) is 0 Å². The zero-order valence-corrected chi connectivity index (χ0v) is 12.2. The Morgan fingerprint density at radius 3 is 2.14 bits per heavy atom. The molecule has 0 saturated heterocycles. The molecule has 3 aromatic carbocycles. The van der Waals surface area contributed by atoms with Crippen LogP contribution < -0.4 is 16.2 Å². The number of rotatable bonds is 4. The van der Waals surface area contributed by atoms with Crippen molar-refractivity contribution < 1.29 is 4.74 Å². The summed E-state index contributed by atoms with van der Waals surface area (Å²) in [5, 5.41) is 0. The highest BCUT2D eigenvalue weighted by atomic mass is 16.5. The van der Waals surface area contributed by atoms with E-state index in [2.05, 4.69) is 0 Å². The Morgan fingerprint density at radius 2 is 1.41 bits per heavy atom. The molecular formula is C19H18N2O. The van der Waals surface area contributed by atoms with Crippen molar-refractivity contribution in [1.29, 1.82) is 0 Å². The van der Waals surface area contributed by atoms with Gasteiger partial charge in [-0.1, -0.05) is 42.5 Å². The molecule has 3 rings (SSSR count). The van der Waals surface area contributed by atoms with Crippen LogP contribution in [0.2, 0.25) is 0 Å². The molecule has 0 fully saturated rings. The number of nitrogen functional groups attached to an aromatic ring is 2. The first-order chi connectivity index (χ1) is 10.7. The van der Waals surface area contributed by atoms with E-state index in [1.165, 1.54) is 0 Å². The normalized spacial score (nSPS) is 10.4. The van der Waals surface area contributed by atoms with Gasteiger partial charge in [0.15, 0.2) is 0 Å². The zero-order valence-electron chi connectivity index (χ0n) is 12.2. The number of ether oxygens (including phenoxy) is 1. The van der Waals surface area contributed by atoms with Gasteiger partial charge < -0.3 is 16.2 Å². The fourth-order valence-electron chi connectivity index (χ4n) is 2.29. The lowest BCUT2D eigenvalue weighted by Gasteiger charge is -2.13. The van der Waals surface area contributed by atoms with Crippen LogP contribution in [-0.4, -0.2) is 0 Å². The average Bonchev–Trinajstić information content (AvgIpc) is 2.55. The van der Waals surface area contributed by atoms with Crippen LogP contribution in [0.3, 0.4) is 0 Å². The van der Waals surface area contributed by atoms with E-state index in [4.69, 9.17) is 16.2 Å². The molecule has 0 bridgehead atoms. The summed E-state index contributed by atoms with van der Waals surface area (Å²) in [6.07, 6.45) is 0. The second kappa shape index (κ2) is 6.22. The van der Waals surface area contributed by atoms with Crippen molar-refractivity contribution in [2.45, 2.75) is 6.61 Å². The fraction of sp³-hybridized carbons (Fsp3) is 0.0526. The van der Waals surface area contributed by atoms with Gasteiger partial charge in [-0.2, -0.15) is 0 Å². The Hall–Kier alpha value is -2.94. The van der Waals surface area contributed by atoms with Crippen molar-refractivity contribution in [2.24, 2.45) is 0 Å². The van der Waals surface area contributed by atoms with Crippen molar-refractivity contribution in [3.8, 4) is 16.9 Å². The van der Waals surface area contributed by atoms with E-state index in [9.17, 15) is 0 Å². The largest absolute Gasteiger partial charge is 0.488 e. The highest BCUT2D eigenvalue weighted by molar-refractivity contribution is 5.74. The van der Waals surface area contributed by atoms with Crippen LogP contribution in [0.1, 0.15) is 5.56 Å².